The van der Waals surface area contributed by atoms with Gasteiger partial charge in [-0.05, 0) is 6.08 Å². The third kappa shape index (κ3) is 1.10. The number of nitrogens with zero attached hydrogens (tertiary/aromatic N) is 1. The molecule has 0 aromatic carbocycles. The molecule has 1 radical (unpaired) electrons. The molecule has 0 aliphatic carbocycles. The van der Waals surface area contributed by atoms with Gasteiger partial charge in [0.25, 0.3) is 0 Å². The Morgan fingerprint density at radius 1 is 1.75 bits per heavy atom. The first-order chi connectivity index (χ1) is 3.93. The van der Waals surface area contributed by atoms with E-state index in [1.54, 1.807) is 12.2 Å². The third-order valence-corrected chi connectivity index (χ3v) is 0.942. The molecular weight excluding hydrogens is 102 g/mol. The highest BCUT2D eigenvalue weighted by molar-refractivity contribution is 5.03. The number of hydrogen-bond donors (Lipinski definition) is 0. The number of hydrogen-bond acceptors (Lipinski definition) is 2. The Morgan fingerprint density at radius 3 is 3.00 bits per heavy atom. The van der Waals surface area contributed by atoms with Crippen LogP contribution in [0.1, 0.15) is 0 Å². The molecule has 0 unspecified atom stereocenters. The van der Waals surface area contributed by atoms with Gasteiger partial charge in [0.15, 0.2) is 0 Å². The lowest BCUT2D eigenvalue weighted by atomic mass is 10.4. The van der Waals surface area contributed by atoms with E-state index in [1.807, 2.05) is 18.2 Å². The normalized spacial score (nSPS) is 17.4. The molecule has 0 aromatic heterocycles. The predicted molar refractivity (Wildman–Crippen MR) is 30.7 cm³/mol. The van der Waals surface area contributed by atoms with E-state index in [2.05, 4.69) is 6.20 Å². The first-order valence-electron chi connectivity index (χ1n) is 2.49. The number of allylic oxidation sites excluding steroid dienone is 2. The molecule has 43 valence electrons. The molecule has 1 aliphatic heterocycles. The summed E-state index contributed by atoms with van der Waals surface area (Å²) >= 11 is 0. The molecular formula is C6H8NO. The molecule has 0 amide bonds. The Hall–Kier alpha value is -0.760. The van der Waals surface area contributed by atoms with Crippen LogP contribution in [0.15, 0.2) is 18.2 Å². The summed E-state index contributed by atoms with van der Waals surface area (Å²) in [5.74, 6) is 0. The zero-order valence-corrected chi connectivity index (χ0v) is 4.79. The minimum atomic E-state index is 0.799. The quantitative estimate of drug-likeness (QED) is 0.493. The largest absolute Gasteiger partial charge is 0.276 e. The summed E-state index contributed by atoms with van der Waals surface area (Å²) in [6, 6.07) is 0. The Balaban J connectivity index is 2.40. The highest BCUT2D eigenvalue weighted by Gasteiger charge is 1.94. The first kappa shape index (κ1) is 5.38. The zero-order chi connectivity index (χ0) is 5.82. The van der Waals surface area contributed by atoms with Crippen molar-refractivity contribution in [1.29, 1.82) is 0 Å². The smallest absolute Gasteiger partial charge is 0.0897 e. The van der Waals surface area contributed by atoms with Gasteiger partial charge in [0, 0.05) is 0 Å². The summed E-state index contributed by atoms with van der Waals surface area (Å²) in [5, 5.41) is 1.62. The van der Waals surface area contributed by atoms with Crippen molar-refractivity contribution in [3.05, 3.63) is 24.4 Å². The van der Waals surface area contributed by atoms with Crippen LogP contribution in [-0.2, 0) is 4.84 Å². The minimum absolute atomic E-state index is 0.799. The van der Waals surface area contributed by atoms with Crippen molar-refractivity contribution in [2.75, 3.05) is 13.7 Å². The Kier molecular flexibility index (Phi) is 1.70. The fourth-order valence-electron chi connectivity index (χ4n) is 0.531. The van der Waals surface area contributed by atoms with E-state index >= 15 is 0 Å². The average molecular weight is 110 g/mol. The Morgan fingerprint density at radius 2 is 2.62 bits per heavy atom. The zero-order valence-electron chi connectivity index (χ0n) is 4.79. The van der Waals surface area contributed by atoms with Gasteiger partial charge in [-0.15, -0.1) is 0 Å². The molecule has 0 N–H and O–H groups in total. The highest BCUT2D eigenvalue weighted by atomic mass is 16.7. The van der Waals surface area contributed by atoms with Gasteiger partial charge in [-0.25, -0.2) is 5.06 Å². The lowest BCUT2D eigenvalue weighted by Crippen LogP contribution is -2.17. The van der Waals surface area contributed by atoms with Crippen molar-refractivity contribution < 1.29 is 4.84 Å². The molecule has 0 aromatic rings. The van der Waals surface area contributed by atoms with Gasteiger partial charge in [-0.2, -0.15) is 0 Å². The molecule has 0 saturated carbocycles. The van der Waals surface area contributed by atoms with Crippen molar-refractivity contribution in [2.45, 2.75) is 0 Å². The SMILES string of the molecule is CON1[C]=CC=CC1. The number of hydroxylamine groups is 2. The Labute approximate surface area is 49.0 Å². The van der Waals surface area contributed by atoms with E-state index in [-0.39, 0.29) is 0 Å². The molecule has 0 bridgehead atoms. The standard InChI is InChI=1S/C6H8NO/c1-8-7-5-3-2-4-6-7/h2-4H,5H2,1H3. The van der Waals surface area contributed by atoms with Crippen molar-refractivity contribution in [2.24, 2.45) is 0 Å². The molecule has 0 spiro atoms. The van der Waals surface area contributed by atoms with Crippen molar-refractivity contribution in [3.8, 4) is 0 Å². The van der Waals surface area contributed by atoms with Gasteiger partial charge in [0.05, 0.1) is 19.9 Å². The average Bonchev–Trinajstić information content (AvgIpc) is 1.90. The van der Waals surface area contributed by atoms with Crippen molar-refractivity contribution in [3.63, 3.8) is 0 Å². The molecule has 1 aliphatic rings. The van der Waals surface area contributed by atoms with Gasteiger partial charge in [-0.3, -0.25) is 4.84 Å². The van der Waals surface area contributed by atoms with Gasteiger partial charge < -0.3 is 0 Å². The maximum atomic E-state index is 4.83. The van der Waals surface area contributed by atoms with E-state index < -0.39 is 0 Å². The lowest BCUT2D eigenvalue weighted by Gasteiger charge is -2.14. The summed E-state index contributed by atoms with van der Waals surface area (Å²) < 4.78 is 0. The van der Waals surface area contributed by atoms with Crippen LogP contribution < -0.4 is 0 Å². The second kappa shape index (κ2) is 2.52. The molecule has 0 fully saturated rings. The summed E-state index contributed by atoms with van der Waals surface area (Å²) in [7, 11) is 1.62. The molecule has 0 saturated heterocycles. The molecule has 1 rings (SSSR count). The van der Waals surface area contributed by atoms with E-state index in [0.717, 1.165) is 6.54 Å². The van der Waals surface area contributed by atoms with Crippen LogP contribution >= 0.6 is 0 Å². The summed E-state index contributed by atoms with van der Waals surface area (Å²) in [6.07, 6.45) is 8.62. The summed E-state index contributed by atoms with van der Waals surface area (Å²) in [4.78, 5) is 4.83. The van der Waals surface area contributed by atoms with Gasteiger partial charge >= 0.3 is 0 Å². The third-order valence-electron chi connectivity index (χ3n) is 0.942. The lowest BCUT2D eigenvalue weighted by molar-refractivity contribution is -0.0874. The van der Waals surface area contributed by atoms with E-state index in [9.17, 15) is 0 Å². The summed E-state index contributed by atoms with van der Waals surface area (Å²) in [6.45, 7) is 0.799. The van der Waals surface area contributed by atoms with Crippen LogP contribution in [0, 0.1) is 6.20 Å². The molecule has 0 atom stereocenters. The second-order valence-electron chi connectivity index (χ2n) is 1.47. The van der Waals surface area contributed by atoms with Gasteiger partial charge in [0.2, 0.25) is 0 Å². The van der Waals surface area contributed by atoms with Crippen molar-refractivity contribution >= 4 is 0 Å². The summed E-state index contributed by atoms with van der Waals surface area (Å²) in [5.41, 5.74) is 0. The highest BCUT2D eigenvalue weighted by Crippen LogP contribution is 1.94. The van der Waals surface area contributed by atoms with E-state index in [0.29, 0.717) is 0 Å². The molecule has 1 heterocycles. The van der Waals surface area contributed by atoms with E-state index in [1.165, 1.54) is 0 Å². The van der Waals surface area contributed by atoms with Crippen LogP contribution in [0.5, 0.6) is 0 Å². The first-order valence-corrected chi connectivity index (χ1v) is 2.49. The maximum Gasteiger partial charge on any atom is 0.0897 e. The monoisotopic (exact) mass is 110 g/mol. The van der Waals surface area contributed by atoms with Crippen LogP contribution in [0.4, 0.5) is 0 Å². The fraction of sp³-hybridized carbons (Fsp3) is 0.333. The minimum Gasteiger partial charge on any atom is -0.276 e. The second-order valence-corrected chi connectivity index (χ2v) is 1.47. The van der Waals surface area contributed by atoms with Gasteiger partial charge in [-0.1, -0.05) is 12.2 Å². The fourth-order valence-corrected chi connectivity index (χ4v) is 0.531. The van der Waals surface area contributed by atoms with Crippen LogP contribution in [-0.4, -0.2) is 18.7 Å². The topological polar surface area (TPSA) is 12.5 Å². The van der Waals surface area contributed by atoms with Crippen molar-refractivity contribution in [1.82, 2.24) is 5.06 Å². The number of rotatable bonds is 1. The van der Waals surface area contributed by atoms with E-state index in [4.69, 9.17) is 4.84 Å². The molecule has 2 nitrogen and oxygen atoms in total. The maximum absolute atomic E-state index is 4.83. The van der Waals surface area contributed by atoms with Crippen LogP contribution in [0.2, 0.25) is 0 Å². The molecule has 2 heteroatoms. The van der Waals surface area contributed by atoms with Crippen LogP contribution in [0.25, 0.3) is 0 Å². The predicted octanol–water partition coefficient (Wildman–Crippen LogP) is 0.736. The van der Waals surface area contributed by atoms with Crippen LogP contribution in [0.3, 0.4) is 0 Å². The van der Waals surface area contributed by atoms with Gasteiger partial charge in [0.1, 0.15) is 0 Å². The Bertz CT molecular complexity index is 118. The molecule has 8 heavy (non-hydrogen) atoms.